The Balaban J connectivity index is 1.32. The molecule has 170 valence electrons. The number of hydrogen-bond acceptors (Lipinski definition) is 3. The zero-order valence-corrected chi connectivity index (χ0v) is 20.3. The lowest BCUT2D eigenvalue weighted by Crippen LogP contribution is -2.25. The van der Waals surface area contributed by atoms with Gasteiger partial charge in [0.25, 0.3) is 5.91 Å². The van der Waals surface area contributed by atoms with Crippen molar-refractivity contribution in [2.24, 2.45) is 0 Å². The lowest BCUT2D eigenvalue weighted by Gasteiger charge is -2.11. The molecule has 0 aliphatic rings. The summed E-state index contributed by atoms with van der Waals surface area (Å²) in [7, 11) is 0. The number of hydrogen-bond donors (Lipinski definition) is 1. The average molecular weight is 506 g/mol. The molecule has 0 atom stereocenters. The Labute approximate surface area is 202 Å². The van der Waals surface area contributed by atoms with Crippen LogP contribution in [0.25, 0.3) is 11.0 Å². The first-order chi connectivity index (χ1) is 16.1. The molecular weight excluding hydrogens is 478 g/mol. The van der Waals surface area contributed by atoms with E-state index in [4.69, 9.17) is 9.72 Å². The van der Waals surface area contributed by atoms with E-state index in [1.807, 2.05) is 54.6 Å². The minimum absolute atomic E-state index is 0.0516. The minimum atomic E-state index is -0.0516. The summed E-state index contributed by atoms with van der Waals surface area (Å²) in [6, 6.07) is 23.8. The highest BCUT2D eigenvalue weighted by Crippen LogP contribution is 2.18. The van der Waals surface area contributed by atoms with Gasteiger partial charge in [-0.05, 0) is 68.3 Å². The van der Waals surface area contributed by atoms with Crippen LogP contribution in [0.15, 0.2) is 77.3 Å². The summed E-state index contributed by atoms with van der Waals surface area (Å²) in [6.07, 6.45) is 2.51. The van der Waals surface area contributed by atoms with Gasteiger partial charge in [0.05, 0.1) is 17.6 Å². The average Bonchev–Trinajstić information content (AvgIpc) is 3.18. The highest BCUT2D eigenvalue weighted by molar-refractivity contribution is 9.10. The summed E-state index contributed by atoms with van der Waals surface area (Å²) >= 11 is 3.39. The number of nitrogens with zero attached hydrogens (tertiary/aromatic N) is 2. The molecule has 0 aliphatic heterocycles. The maximum Gasteiger partial charge on any atom is 0.251 e. The summed E-state index contributed by atoms with van der Waals surface area (Å²) in [5.41, 5.74) is 4.04. The van der Waals surface area contributed by atoms with Crippen LogP contribution in [0.2, 0.25) is 0 Å². The number of imidazole rings is 1. The molecule has 1 amide bonds. The fraction of sp³-hybridized carbons (Fsp3) is 0.259. The molecule has 4 aromatic rings. The zero-order chi connectivity index (χ0) is 23.0. The van der Waals surface area contributed by atoms with Crippen molar-refractivity contribution >= 4 is 32.9 Å². The van der Waals surface area contributed by atoms with Crippen molar-refractivity contribution in [3.63, 3.8) is 0 Å². The van der Waals surface area contributed by atoms with E-state index >= 15 is 0 Å². The molecule has 1 aromatic heterocycles. The molecule has 5 nitrogen and oxygen atoms in total. The first kappa shape index (κ1) is 23.1. The van der Waals surface area contributed by atoms with Gasteiger partial charge >= 0.3 is 0 Å². The predicted octanol–water partition coefficient (Wildman–Crippen LogP) is 5.94. The van der Waals surface area contributed by atoms with Crippen molar-refractivity contribution in [3.8, 4) is 5.75 Å². The number of halogens is 1. The third-order valence-electron chi connectivity index (χ3n) is 5.52. The van der Waals surface area contributed by atoms with Crippen LogP contribution in [0.4, 0.5) is 0 Å². The Morgan fingerprint density at radius 3 is 2.55 bits per heavy atom. The largest absolute Gasteiger partial charge is 0.494 e. The van der Waals surface area contributed by atoms with Crippen LogP contribution >= 0.6 is 15.9 Å². The highest BCUT2D eigenvalue weighted by atomic mass is 79.9. The first-order valence-electron chi connectivity index (χ1n) is 11.3. The van der Waals surface area contributed by atoms with Gasteiger partial charge in [0.2, 0.25) is 0 Å². The van der Waals surface area contributed by atoms with E-state index in [1.165, 1.54) is 5.56 Å². The lowest BCUT2D eigenvalue weighted by molar-refractivity contribution is 0.0953. The molecular formula is C27H28BrN3O2. The molecule has 6 heteroatoms. The van der Waals surface area contributed by atoms with Gasteiger partial charge in [-0.1, -0.05) is 45.8 Å². The van der Waals surface area contributed by atoms with Crippen LogP contribution in [-0.4, -0.2) is 28.6 Å². The van der Waals surface area contributed by atoms with Crippen LogP contribution in [-0.2, 0) is 13.0 Å². The highest BCUT2D eigenvalue weighted by Gasteiger charge is 2.11. The van der Waals surface area contributed by atoms with E-state index < -0.39 is 0 Å². The fourth-order valence-electron chi connectivity index (χ4n) is 3.76. The van der Waals surface area contributed by atoms with Crippen LogP contribution in [0.3, 0.4) is 0 Å². The Morgan fingerprint density at radius 2 is 1.76 bits per heavy atom. The SMILES string of the molecule is Cc1ccc(OCCCn2c(CCCNC(=O)c3ccc(Br)cc3)nc3ccccc32)cc1. The maximum atomic E-state index is 12.3. The first-order valence-corrected chi connectivity index (χ1v) is 12.1. The van der Waals surface area contributed by atoms with Crippen molar-refractivity contribution in [3.05, 3.63) is 94.2 Å². The second-order valence-electron chi connectivity index (χ2n) is 8.05. The third kappa shape index (κ3) is 6.23. The smallest absolute Gasteiger partial charge is 0.251 e. The number of fused-ring (bicyclic) bond motifs is 1. The number of aryl methyl sites for hydroxylation is 3. The molecule has 0 saturated carbocycles. The quantitative estimate of drug-likeness (QED) is 0.271. The van der Waals surface area contributed by atoms with Gasteiger partial charge in [0.1, 0.15) is 11.6 Å². The van der Waals surface area contributed by atoms with E-state index in [2.05, 4.69) is 50.9 Å². The van der Waals surface area contributed by atoms with Gasteiger partial charge < -0.3 is 14.6 Å². The summed E-state index contributed by atoms with van der Waals surface area (Å²) < 4.78 is 9.14. The number of amides is 1. The van der Waals surface area contributed by atoms with E-state index in [1.54, 1.807) is 0 Å². The Morgan fingerprint density at radius 1 is 1.00 bits per heavy atom. The van der Waals surface area contributed by atoms with Gasteiger partial charge in [0.15, 0.2) is 0 Å². The van der Waals surface area contributed by atoms with Crippen molar-refractivity contribution in [1.29, 1.82) is 0 Å². The Kier molecular flexibility index (Phi) is 7.79. The molecule has 1 N–H and O–H groups in total. The monoisotopic (exact) mass is 505 g/mol. The maximum absolute atomic E-state index is 12.3. The van der Waals surface area contributed by atoms with Crippen LogP contribution < -0.4 is 10.1 Å². The molecule has 0 unspecified atom stereocenters. The molecule has 0 fully saturated rings. The van der Waals surface area contributed by atoms with Gasteiger partial charge in [0, 0.05) is 29.5 Å². The normalized spacial score (nSPS) is 11.0. The second kappa shape index (κ2) is 11.1. The molecule has 0 saturated heterocycles. The van der Waals surface area contributed by atoms with Crippen molar-refractivity contribution in [1.82, 2.24) is 14.9 Å². The Bertz CT molecular complexity index is 1200. The number of nitrogens with one attached hydrogen (secondary N) is 1. The zero-order valence-electron chi connectivity index (χ0n) is 18.8. The molecule has 0 radical (unpaired) electrons. The lowest BCUT2D eigenvalue weighted by atomic mass is 10.2. The molecule has 4 rings (SSSR count). The van der Waals surface area contributed by atoms with Crippen LogP contribution in [0.1, 0.15) is 34.6 Å². The summed E-state index contributed by atoms with van der Waals surface area (Å²) in [6.45, 7) is 4.17. The molecule has 0 spiro atoms. The Hall–Kier alpha value is -3.12. The molecule has 0 aliphatic carbocycles. The van der Waals surface area contributed by atoms with Gasteiger partial charge in [-0.3, -0.25) is 4.79 Å². The van der Waals surface area contributed by atoms with Gasteiger partial charge in [-0.15, -0.1) is 0 Å². The number of aromatic nitrogens is 2. The standard InChI is InChI=1S/C27H28BrN3O2/c1-20-9-15-23(16-10-20)33-19-5-18-31-25-7-3-2-6-24(25)30-26(31)8-4-17-29-27(32)21-11-13-22(28)14-12-21/h2-3,6-7,9-16H,4-5,8,17-19H2,1H3,(H,29,32). The van der Waals surface area contributed by atoms with Crippen molar-refractivity contribution in [2.75, 3.05) is 13.2 Å². The number of carbonyl (C=O) groups is 1. The van der Waals surface area contributed by atoms with Crippen molar-refractivity contribution in [2.45, 2.75) is 32.7 Å². The fourth-order valence-corrected chi connectivity index (χ4v) is 4.03. The third-order valence-corrected chi connectivity index (χ3v) is 6.05. The molecule has 1 heterocycles. The topological polar surface area (TPSA) is 56.1 Å². The number of carbonyl (C=O) groups excluding carboxylic acids is 1. The predicted molar refractivity (Wildman–Crippen MR) is 136 cm³/mol. The van der Waals surface area contributed by atoms with Crippen molar-refractivity contribution < 1.29 is 9.53 Å². The van der Waals surface area contributed by atoms with Crippen LogP contribution in [0.5, 0.6) is 5.75 Å². The summed E-state index contributed by atoms with van der Waals surface area (Å²) in [5, 5.41) is 3.01. The minimum Gasteiger partial charge on any atom is -0.494 e. The number of para-hydroxylation sites is 2. The molecule has 33 heavy (non-hydrogen) atoms. The molecule has 3 aromatic carbocycles. The number of ether oxygens (including phenoxy) is 1. The molecule has 0 bridgehead atoms. The van der Waals surface area contributed by atoms with Gasteiger partial charge in [-0.2, -0.15) is 0 Å². The second-order valence-corrected chi connectivity index (χ2v) is 8.97. The van der Waals surface area contributed by atoms with Crippen LogP contribution in [0, 0.1) is 6.92 Å². The van der Waals surface area contributed by atoms with E-state index in [0.717, 1.165) is 52.9 Å². The summed E-state index contributed by atoms with van der Waals surface area (Å²) in [5.74, 6) is 1.89. The number of rotatable bonds is 10. The summed E-state index contributed by atoms with van der Waals surface area (Å²) in [4.78, 5) is 17.2. The number of benzene rings is 3. The van der Waals surface area contributed by atoms with E-state index in [0.29, 0.717) is 18.7 Å². The van der Waals surface area contributed by atoms with Gasteiger partial charge in [-0.25, -0.2) is 4.98 Å². The van der Waals surface area contributed by atoms with E-state index in [9.17, 15) is 4.79 Å². The van der Waals surface area contributed by atoms with E-state index in [-0.39, 0.29) is 5.91 Å².